The van der Waals surface area contributed by atoms with Crippen molar-refractivity contribution < 1.29 is 0 Å². The van der Waals surface area contributed by atoms with Gasteiger partial charge in [0.1, 0.15) is 0 Å². The molecule has 13 heavy (non-hydrogen) atoms. The van der Waals surface area contributed by atoms with Crippen LogP contribution in [0.4, 0.5) is 0 Å². The highest BCUT2D eigenvalue weighted by Crippen LogP contribution is 2.21. The lowest BCUT2D eigenvalue weighted by Crippen LogP contribution is -2.42. The molecule has 0 spiro atoms. The first kappa shape index (κ1) is 11.0. The summed E-state index contributed by atoms with van der Waals surface area (Å²) in [5.74, 6) is 0. The normalized spacial score (nSPS) is 19.6. The van der Waals surface area contributed by atoms with Crippen molar-refractivity contribution >= 4 is 0 Å². The van der Waals surface area contributed by atoms with Crippen molar-refractivity contribution in [2.75, 3.05) is 13.1 Å². The van der Waals surface area contributed by atoms with Crippen LogP contribution in [0.3, 0.4) is 0 Å². The third-order valence-electron chi connectivity index (χ3n) is 2.77. The zero-order valence-corrected chi connectivity index (χ0v) is 9.13. The Morgan fingerprint density at radius 3 is 2.38 bits per heavy atom. The summed E-state index contributed by atoms with van der Waals surface area (Å²) in [6.07, 6.45) is 8.20. The zero-order chi connectivity index (χ0) is 9.52. The summed E-state index contributed by atoms with van der Waals surface area (Å²) in [5.41, 5.74) is 4.57. The molecular weight excluding hydrogens is 160 g/mol. The van der Waals surface area contributed by atoms with E-state index in [0.29, 0.717) is 0 Å². The van der Waals surface area contributed by atoms with E-state index in [1.165, 1.54) is 38.5 Å². The Kier molecular flexibility index (Phi) is 5.40. The predicted octanol–water partition coefficient (Wildman–Crippen LogP) is 2.57. The van der Waals surface area contributed by atoms with Crippen molar-refractivity contribution in [1.29, 1.82) is 0 Å². The molecule has 0 aliphatic heterocycles. The van der Waals surface area contributed by atoms with Gasteiger partial charge in [0.25, 0.3) is 0 Å². The molecule has 1 fully saturated rings. The van der Waals surface area contributed by atoms with E-state index in [1.54, 1.807) is 0 Å². The van der Waals surface area contributed by atoms with Crippen molar-refractivity contribution in [2.24, 2.45) is 0 Å². The Bertz CT molecular complexity index is 113. The fraction of sp³-hybridized carbons (Fsp3) is 1.00. The van der Waals surface area contributed by atoms with Crippen LogP contribution in [0.25, 0.3) is 0 Å². The van der Waals surface area contributed by atoms with Crippen LogP contribution in [0.15, 0.2) is 0 Å². The number of rotatable bonds is 5. The van der Waals surface area contributed by atoms with Gasteiger partial charge < -0.3 is 0 Å². The molecule has 0 amide bonds. The molecule has 0 aromatic carbocycles. The summed E-state index contributed by atoms with van der Waals surface area (Å²) in [5, 5.41) is 2.35. The minimum absolute atomic E-state index is 0.758. The molecule has 2 nitrogen and oxygen atoms in total. The lowest BCUT2D eigenvalue weighted by Gasteiger charge is -2.32. The van der Waals surface area contributed by atoms with Gasteiger partial charge in [-0.3, -0.25) is 0 Å². The van der Waals surface area contributed by atoms with E-state index in [4.69, 9.17) is 0 Å². The SMILES string of the molecule is CCCN([N]CC)C1CCCCC1. The topological polar surface area (TPSA) is 17.3 Å². The molecule has 1 aliphatic rings. The third-order valence-corrected chi connectivity index (χ3v) is 2.77. The minimum Gasteiger partial charge on any atom is -0.224 e. The fourth-order valence-electron chi connectivity index (χ4n) is 2.16. The van der Waals surface area contributed by atoms with Gasteiger partial charge in [-0.1, -0.05) is 26.2 Å². The van der Waals surface area contributed by atoms with Gasteiger partial charge in [-0.2, -0.15) is 5.43 Å². The van der Waals surface area contributed by atoms with Gasteiger partial charge in [0.05, 0.1) is 0 Å². The molecule has 0 aromatic heterocycles. The summed E-state index contributed by atoms with van der Waals surface area (Å²) in [7, 11) is 0. The maximum Gasteiger partial charge on any atom is 0.0278 e. The lowest BCUT2D eigenvalue weighted by atomic mass is 9.95. The Hall–Kier alpha value is -0.0800. The molecule has 2 heteroatoms. The lowest BCUT2D eigenvalue weighted by molar-refractivity contribution is 0.0922. The zero-order valence-electron chi connectivity index (χ0n) is 9.13. The van der Waals surface area contributed by atoms with E-state index in [1.807, 2.05) is 0 Å². The van der Waals surface area contributed by atoms with Crippen molar-refractivity contribution in [1.82, 2.24) is 10.4 Å². The van der Waals surface area contributed by atoms with Gasteiger partial charge in [-0.05, 0) is 26.2 Å². The monoisotopic (exact) mass is 183 g/mol. The van der Waals surface area contributed by atoms with Gasteiger partial charge in [0, 0.05) is 19.1 Å². The van der Waals surface area contributed by atoms with Crippen LogP contribution >= 0.6 is 0 Å². The van der Waals surface area contributed by atoms with E-state index < -0.39 is 0 Å². The molecular formula is C11H23N2. The van der Waals surface area contributed by atoms with Crippen LogP contribution in [-0.2, 0) is 0 Å². The number of hydrogen-bond acceptors (Lipinski definition) is 1. The minimum atomic E-state index is 0.758. The largest absolute Gasteiger partial charge is 0.224 e. The Morgan fingerprint density at radius 1 is 1.15 bits per heavy atom. The Morgan fingerprint density at radius 2 is 1.85 bits per heavy atom. The van der Waals surface area contributed by atoms with Crippen LogP contribution < -0.4 is 5.43 Å². The smallest absolute Gasteiger partial charge is 0.0278 e. The Balaban J connectivity index is 2.32. The molecule has 0 saturated heterocycles. The average molecular weight is 183 g/mol. The highest BCUT2D eigenvalue weighted by atomic mass is 15.5. The van der Waals surface area contributed by atoms with E-state index in [9.17, 15) is 0 Å². The molecule has 1 rings (SSSR count). The standard InChI is InChI=1S/C11H23N2/c1-3-10-13(12-4-2)11-8-6-5-7-9-11/h11H,3-10H2,1-2H3. The van der Waals surface area contributed by atoms with E-state index >= 15 is 0 Å². The fourth-order valence-corrected chi connectivity index (χ4v) is 2.16. The van der Waals surface area contributed by atoms with Crippen LogP contribution in [0.2, 0.25) is 0 Å². The van der Waals surface area contributed by atoms with E-state index in [0.717, 1.165) is 19.1 Å². The quantitative estimate of drug-likeness (QED) is 0.599. The summed E-state index contributed by atoms with van der Waals surface area (Å²) >= 11 is 0. The first-order chi connectivity index (χ1) is 6.38. The first-order valence-corrected chi connectivity index (χ1v) is 5.82. The molecule has 0 bridgehead atoms. The molecule has 0 N–H and O–H groups in total. The molecule has 0 aromatic rings. The summed E-state index contributed by atoms with van der Waals surface area (Å²) in [4.78, 5) is 0. The summed E-state index contributed by atoms with van der Waals surface area (Å²) in [6.45, 7) is 6.46. The van der Waals surface area contributed by atoms with Gasteiger partial charge in [-0.25, -0.2) is 5.01 Å². The number of hydrogen-bond donors (Lipinski definition) is 0. The molecule has 1 radical (unpaired) electrons. The summed E-state index contributed by atoms with van der Waals surface area (Å²) < 4.78 is 0. The second-order valence-electron chi connectivity index (χ2n) is 3.91. The van der Waals surface area contributed by atoms with Gasteiger partial charge >= 0.3 is 0 Å². The van der Waals surface area contributed by atoms with E-state index in [-0.39, 0.29) is 0 Å². The van der Waals surface area contributed by atoms with Crippen LogP contribution in [-0.4, -0.2) is 24.1 Å². The Labute approximate surface area is 82.7 Å². The maximum absolute atomic E-state index is 4.57. The molecule has 0 heterocycles. The molecule has 0 atom stereocenters. The highest BCUT2D eigenvalue weighted by molar-refractivity contribution is 4.72. The molecule has 1 aliphatic carbocycles. The molecule has 1 saturated carbocycles. The first-order valence-electron chi connectivity index (χ1n) is 5.82. The number of nitrogens with zero attached hydrogens (tertiary/aromatic N) is 2. The van der Waals surface area contributed by atoms with Crippen LogP contribution in [0.5, 0.6) is 0 Å². The molecule has 0 unspecified atom stereocenters. The second-order valence-corrected chi connectivity index (χ2v) is 3.91. The average Bonchev–Trinajstić information content (AvgIpc) is 2.19. The van der Waals surface area contributed by atoms with Gasteiger partial charge in [0.15, 0.2) is 0 Å². The van der Waals surface area contributed by atoms with Crippen molar-refractivity contribution in [2.45, 2.75) is 58.4 Å². The highest BCUT2D eigenvalue weighted by Gasteiger charge is 2.20. The van der Waals surface area contributed by atoms with Crippen molar-refractivity contribution in [3.8, 4) is 0 Å². The van der Waals surface area contributed by atoms with Gasteiger partial charge in [0.2, 0.25) is 0 Å². The predicted molar refractivity (Wildman–Crippen MR) is 56.5 cm³/mol. The van der Waals surface area contributed by atoms with Crippen molar-refractivity contribution in [3.05, 3.63) is 0 Å². The van der Waals surface area contributed by atoms with E-state index in [2.05, 4.69) is 24.3 Å². The van der Waals surface area contributed by atoms with Crippen molar-refractivity contribution in [3.63, 3.8) is 0 Å². The van der Waals surface area contributed by atoms with Crippen LogP contribution in [0.1, 0.15) is 52.4 Å². The molecule has 77 valence electrons. The van der Waals surface area contributed by atoms with Crippen LogP contribution in [0, 0.1) is 0 Å². The maximum atomic E-state index is 4.57. The second kappa shape index (κ2) is 6.39. The third kappa shape index (κ3) is 3.65. The summed E-state index contributed by atoms with van der Waals surface area (Å²) in [6, 6.07) is 0.758. The van der Waals surface area contributed by atoms with Gasteiger partial charge in [-0.15, -0.1) is 0 Å².